The molecule has 0 saturated carbocycles. The number of carbonyl (C=O) groups is 2. The van der Waals surface area contributed by atoms with Gasteiger partial charge < -0.3 is 11.1 Å². The highest BCUT2D eigenvalue weighted by molar-refractivity contribution is 7.99. The first kappa shape index (κ1) is 19.4. The van der Waals surface area contributed by atoms with Crippen molar-refractivity contribution >= 4 is 29.3 Å². The summed E-state index contributed by atoms with van der Waals surface area (Å²) in [5.74, 6) is -0.106. The number of nitrogens with zero attached hydrogens (tertiary/aromatic N) is 4. The predicted molar refractivity (Wildman–Crippen MR) is 105 cm³/mol. The maximum Gasteiger partial charge on any atom is 0.368 e. The van der Waals surface area contributed by atoms with E-state index in [4.69, 9.17) is 5.73 Å². The molecule has 3 aromatic rings. The molecule has 0 spiro atoms. The molecule has 10 heteroatoms. The Morgan fingerprint density at radius 3 is 2.43 bits per heavy atom. The minimum absolute atomic E-state index is 0.0965. The number of anilines is 1. The Morgan fingerprint density at radius 2 is 1.75 bits per heavy atom. The molecule has 9 nitrogen and oxygen atoms in total. The Morgan fingerprint density at radius 1 is 1.04 bits per heavy atom. The zero-order valence-electron chi connectivity index (χ0n) is 14.8. The fourth-order valence-electron chi connectivity index (χ4n) is 2.37. The molecular formula is C18H18N6O3S. The van der Waals surface area contributed by atoms with Gasteiger partial charge in [0.05, 0.1) is 5.69 Å². The van der Waals surface area contributed by atoms with E-state index in [2.05, 4.69) is 15.7 Å². The van der Waals surface area contributed by atoms with Crippen molar-refractivity contribution in [3.8, 4) is 5.69 Å². The minimum atomic E-state index is -0.683. The van der Waals surface area contributed by atoms with Gasteiger partial charge in [-0.3, -0.25) is 9.59 Å². The van der Waals surface area contributed by atoms with Gasteiger partial charge in [-0.1, -0.05) is 18.2 Å². The third-order valence-corrected chi connectivity index (χ3v) is 4.70. The van der Waals surface area contributed by atoms with Gasteiger partial charge in [-0.05, 0) is 46.8 Å². The van der Waals surface area contributed by atoms with Crippen LogP contribution in [0.2, 0.25) is 0 Å². The van der Waals surface area contributed by atoms with E-state index in [1.54, 1.807) is 36.0 Å². The number of nitrogens with two attached hydrogens (primary N) is 1. The number of amides is 2. The summed E-state index contributed by atoms with van der Waals surface area (Å²) in [6, 6.07) is 16.5. The normalized spacial score (nSPS) is 10.6. The Hall–Kier alpha value is -3.40. The zero-order valence-corrected chi connectivity index (χ0v) is 15.6. The third kappa shape index (κ3) is 5.07. The molecule has 0 aliphatic rings. The van der Waals surface area contributed by atoms with Crippen LogP contribution in [0.5, 0.6) is 0 Å². The van der Waals surface area contributed by atoms with Crippen molar-refractivity contribution < 1.29 is 9.59 Å². The van der Waals surface area contributed by atoms with Gasteiger partial charge >= 0.3 is 5.69 Å². The van der Waals surface area contributed by atoms with E-state index in [0.29, 0.717) is 23.5 Å². The number of hydrogen-bond acceptors (Lipinski definition) is 6. The van der Waals surface area contributed by atoms with Crippen molar-refractivity contribution in [1.29, 1.82) is 0 Å². The lowest BCUT2D eigenvalue weighted by atomic mass is 10.2. The summed E-state index contributed by atoms with van der Waals surface area (Å²) in [6.45, 7) is -0.339. The highest BCUT2D eigenvalue weighted by Gasteiger charge is 2.11. The monoisotopic (exact) mass is 398 g/mol. The van der Waals surface area contributed by atoms with E-state index in [0.717, 1.165) is 14.3 Å². The number of carbonyl (C=O) groups excluding carboxylic acids is 2. The van der Waals surface area contributed by atoms with Crippen LogP contribution in [0, 0.1) is 0 Å². The topological polar surface area (TPSA) is 125 Å². The Bertz CT molecular complexity index is 1010. The van der Waals surface area contributed by atoms with Crippen LogP contribution in [0.4, 0.5) is 5.69 Å². The fraction of sp³-hybridized carbons (Fsp3) is 0.167. The molecule has 28 heavy (non-hydrogen) atoms. The third-order valence-electron chi connectivity index (χ3n) is 3.68. The number of benzene rings is 2. The second-order valence-electron chi connectivity index (χ2n) is 5.80. The summed E-state index contributed by atoms with van der Waals surface area (Å²) >= 11 is 1.62. The largest absolute Gasteiger partial charge is 0.368 e. The molecule has 0 saturated heterocycles. The molecular weight excluding hydrogens is 380 g/mol. The Balaban J connectivity index is 1.55. The molecule has 1 heterocycles. The number of tetrazole rings is 1. The number of thioether (sulfide) groups is 1. The van der Waals surface area contributed by atoms with Crippen LogP contribution in [0.25, 0.3) is 5.69 Å². The van der Waals surface area contributed by atoms with E-state index in [1.165, 1.54) is 0 Å². The summed E-state index contributed by atoms with van der Waals surface area (Å²) in [7, 11) is 0. The van der Waals surface area contributed by atoms with E-state index >= 15 is 0 Å². The van der Waals surface area contributed by atoms with Gasteiger partial charge in [-0.2, -0.15) is 9.36 Å². The second kappa shape index (κ2) is 9.00. The molecule has 0 unspecified atom stereocenters. The summed E-state index contributed by atoms with van der Waals surface area (Å²) in [6.07, 6.45) is 0.377. The Labute approximate surface area is 164 Å². The van der Waals surface area contributed by atoms with Crippen molar-refractivity contribution in [3.63, 3.8) is 0 Å². The van der Waals surface area contributed by atoms with E-state index in [-0.39, 0.29) is 12.5 Å². The van der Waals surface area contributed by atoms with Gasteiger partial charge in [-0.15, -0.1) is 11.8 Å². The molecule has 2 amide bonds. The first-order valence-electron chi connectivity index (χ1n) is 8.42. The average Bonchev–Trinajstić information content (AvgIpc) is 3.03. The summed E-state index contributed by atoms with van der Waals surface area (Å²) in [4.78, 5) is 36.2. The van der Waals surface area contributed by atoms with Gasteiger partial charge in [0, 0.05) is 22.8 Å². The fourth-order valence-corrected chi connectivity index (χ4v) is 3.24. The maximum atomic E-state index is 12.1. The number of nitrogens with one attached hydrogen (secondary N) is 1. The molecule has 0 aliphatic heterocycles. The van der Waals surface area contributed by atoms with Crippen LogP contribution in [0.1, 0.15) is 6.42 Å². The van der Waals surface area contributed by atoms with E-state index in [9.17, 15) is 14.4 Å². The summed E-state index contributed by atoms with van der Waals surface area (Å²) in [5.41, 5.74) is 5.55. The first-order chi connectivity index (χ1) is 13.5. The molecule has 0 radical (unpaired) electrons. The lowest BCUT2D eigenvalue weighted by molar-refractivity contribution is -0.119. The summed E-state index contributed by atoms with van der Waals surface area (Å²) in [5, 5.41) is 10.1. The van der Waals surface area contributed by atoms with E-state index in [1.807, 2.05) is 30.3 Å². The van der Waals surface area contributed by atoms with Gasteiger partial charge in [-0.25, -0.2) is 4.79 Å². The maximum absolute atomic E-state index is 12.1. The number of hydrogen-bond donors (Lipinski definition) is 2. The van der Waals surface area contributed by atoms with Crippen LogP contribution in [-0.4, -0.2) is 37.4 Å². The van der Waals surface area contributed by atoms with Gasteiger partial charge in [0.2, 0.25) is 11.8 Å². The number of aromatic nitrogens is 4. The van der Waals surface area contributed by atoms with Crippen molar-refractivity contribution in [1.82, 2.24) is 19.8 Å². The molecule has 0 atom stereocenters. The van der Waals surface area contributed by atoms with Crippen molar-refractivity contribution in [2.75, 3.05) is 11.1 Å². The van der Waals surface area contributed by atoms with E-state index < -0.39 is 11.6 Å². The zero-order chi connectivity index (χ0) is 19.9. The standard InChI is InChI=1S/C18H18N6O3S/c19-16(25)12-23-18(27)24(22-21-23)14-8-6-13(7-9-14)20-17(26)10-11-28-15-4-2-1-3-5-15/h1-9H,10-12H2,(H2,19,25)(H,20,26). The molecule has 1 aromatic heterocycles. The van der Waals surface area contributed by atoms with Crippen LogP contribution in [0.3, 0.4) is 0 Å². The quantitative estimate of drug-likeness (QED) is 0.546. The molecule has 2 aromatic carbocycles. The molecule has 0 fully saturated rings. The first-order valence-corrected chi connectivity index (χ1v) is 9.41. The molecule has 0 aliphatic carbocycles. The van der Waals surface area contributed by atoms with Crippen LogP contribution in [-0.2, 0) is 16.1 Å². The van der Waals surface area contributed by atoms with Crippen LogP contribution in [0.15, 0.2) is 64.3 Å². The molecule has 3 rings (SSSR count). The van der Waals surface area contributed by atoms with Gasteiger partial charge in [0.15, 0.2) is 0 Å². The van der Waals surface area contributed by atoms with Gasteiger partial charge in [0.1, 0.15) is 6.54 Å². The molecule has 3 N–H and O–H groups in total. The van der Waals surface area contributed by atoms with Crippen LogP contribution >= 0.6 is 11.8 Å². The average molecular weight is 398 g/mol. The highest BCUT2D eigenvalue weighted by atomic mass is 32.2. The molecule has 0 bridgehead atoms. The predicted octanol–water partition coefficient (Wildman–Crippen LogP) is 1.04. The second-order valence-corrected chi connectivity index (χ2v) is 6.97. The number of primary amides is 1. The highest BCUT2D eigenvalue weighted by Crippen LogP contribution is 2.18. The summed E-state index contributed by atoms with van der Waals surface area (Å²) < 4.78 is 1.92. The van der Waals surface area contributed by atoms with Crippen LogP contribution < -0.4 is 16.7 Å². The lowest BCUT2D eigenvalue weighted by Gasteiger charge is -2.06. The smallest absolute Gasteiger partial charge is 0.368 e. The minimum Gasteiger partial charge on any atom is -0.368 e. The van der Waals surface area contributed by atoms with Gasteiger partial charge in [0.25, 0.3) is 0 Å². The Kier molecular flexibility index (Phi) is 6.22. The number of rotatable bonds is 8. The van der Waals surface area contributed by atoms with Crippen molar-refractivity contribution in [3.05, 3.63) is 65.1 Å². The van der Waals surface area contributed by atoms with Crippen molar-refractivity contribution in [2.24, 2.45) is 5.73 Å². The lowest BCUT2D eigenvalue weighted by Crippen LogP contribution is -2.30. The van der Waals surface area contributed by atoms with Crippen molar-refractivity contribution in [2.45, 2.75) is 17.9 Å². The SMILES string of the molecule is NC(=O)Cn1nnn(-c2ccc(NC(=O)CCSc3ccccc3)cc2)c1=O. The molecule has 144 valence electrons.